The Bertz CT molecular complexity index is 253. The molecule has 1 aliphatic rings. The molecule has 0 aliphatic carbocycles. The van der Waals surface area contributed by atoms with Crippen molar-refractivity contribution in [3.8, 4) is 0 Å². The first-order chi connectivity index (χ1) is 7.38. The van der Waals surface area contributed by atoms with Gasteiger partial charge in [0, 0.05) is 6.04 Å². The van der Waals surface area contributed by atoms with E-state index in [1.165, 1.54) is 20.0 Å². The first-order valence-corrected chi connectivity index (χ1v) is 5.92. The molecule has 0 radical (unpaired) electrons. The Labute approximate surface area is 98.1 Å². The topological polar surface area (TPSA) is 55.6 Å². The van der Waals surface area contributed by atoms with Crippen molar-refractivity contribution in [3.05, 3.63) is 0 Å². The molecule has 4 nitrogen and oxygen atoms in total. The van der Waals surface area contributed by atoms with Gasteiger partial charge in [-0.05, 0) is 38.3 Å². The summed E-state index contributed by atoms with van der Waals surface area (Å²) in [6.45, 7) is 5.23. The summed E-state index contributed by atoms with van der Waals surface area (Å²) < 4.78 is 4.71. The highest BCUT2D eigenvalue weighted by molar-refractivity contribution is 5.76. The van der Waals surface area contributed by atoms with E-state index in [-0.39, 0.29) is 11.4 Å². The predicted molar refractivity (Wildman–Crippen MR) is 64.0 cm³/mol. The second-order valence-corrected chi connectivity index (χ2v) is 5.47. The van der Waals surface area contributed by atoms with E-state index in [0.717, 1.165) is 13.0 Å². The summed E-state index contributed by atoms with van der Waals surface area (Å²) in [5, 5.41) is 0. The van der Waals surface area contributed by atoms with Crippen LogP contribution < -0.4 is 5.73 Å². The lowest BCUT2D eigenvalue weighted by molar-refractivity contribution is -0.145. The third-order valence-electron chi connectivity index (χ3n) is 3.73. The summed E-state index contributed by atoms with van der Waals surface area (Å²) in [7, 11) is 3.53. The number of nitrogens with two attached hydrogens (primary N) is 1. The molecular weight excluding hydrogens is 204 g/mol. The Balaban J connectivity index is 2.59. The third-order valence-corrected chi connectivity index (χ3v) is 3.73. The van der Waals surface area contributed by atoms with Crippen LogP contribution in [0.5, 0.6) is 0 Å². The van der Waals surface area contributed by atoms with Crippen LogP contribution in [0.4, 0.5) is 0 Å². The molecule has 0 spiro atoms. The molecular formula is C12H24N2O2. The number of nitrogens with zero attached hydrogens (tertiary/aromatic N) is 1. The summed E-state index contributed by atoms with van der Waals surface area (Å²) in [6.07, 6.45) is 3.39. The van der Waals surface area contributed by atoms with E-state index in [1.807, 2.05) is 13.8 Å². The van der Waals surface area contributed by atoms with Gasteiger partial charge < -0.3 is 15.4 Å². The van der Waals surface area contributed by atoms with Gasteiger partial charge in [0.1, 0.15) is 6.04 Å². The van der Waals surface area contributed by atoms with E-state index in [1.54, 1.807) is 0 Å². The van der Waals surface area contributed by atoms with Crippen LogP contribution in [0.25, 0.3) is 0 Å². The standard InChI is InChI=1S/C12H24N2O2/c1-12(2,10(13)11(15)16-4)8-9-6-5-7-14(9)3/h9-10H,5-8,13H2,1-4H3. The summed E-state index contributed by atoms with van der Waals surface area (Å²) >= 11 is 0. The van der Waals surface area contributed by atoms with Gasteiger partial charge in [-0.2, -0.15) is 0 Å². The molecule has 16 heavy (non-hydrogen) atoms. The Morgan fingerprint density at radius 1 is 1.62 bits per heavy atom. The van der Waals surface area contributed by atoms with E-state index >= 15 is 0 Å². The lowest BCUT2D eigenvalue weighted by atomic mass is 9.78. The third kappa shape index (κ3) is 2.95. The van der Waals surface area contributed by atoms with E-state index in [9.17, 15) is 4.79 Å². The molecule has 1 fully saturated rings. The van der Waals surface area contributed by atoms with Gasteiger partial charge in [0.05, 0.1) is 7.11 Å². The molecule has 0 aromatic rings. The Hall–Kier alpha value is -0.610. The summed E-state index contributed by atoms with van der Waals surface area (Å²) in [4.78, 5) is 13.8. The van der Waals surface area contributed by atoms with Crippen molar-refractivity contribution in [1.82, 2.24) is 4.90 Å². The highest BCUT2D eigenvalue weighted by atomic mass is 16.5. The number of rotatable bonds is 4. The highest BCUT2D eigenvalue weighted by Crippen LogP contribution is 2.32. The second-order valence-electron chi connectivity index (χ2n) is 5.47. The minimum absolute atomic E-state index is 0.212. The zero-order chi connectivity index (χ0) is 12.3. The van der Waals surface area contributed by atoms with Crippen molar-refractivity contribution < 1.29 is 9.53 Å². The molecule has 1 aliphatic heterocycles. The van der Waals surface area contributed by atoms with E-state index in [4.69, 9.17) is 10.5 Å². The molecule has 0 amide bonds. The van der Waals surface area contributed by atoms with E-state index in [2.05, 4.69) is 11.9 Å². The summed E-state index contributed by atoms with van der Waals surface area (Å²) in [6, 6.07) is 0.0113. The second kappa shape index (κ2) is 5.15. The fourth-order valence-corrected chi connectivity index (χ4v) is 2.42. The fourth-order valence-electron chi connectivity index (χ4n) is 2.42. The van der Waals surface area contributed by atoms with Crippen LogP contribution in [0.1, 0.15) is 33.1 Å². The van der Waals surface area contributed by atoms with Crippen molar-refractivity contribution in [2.45, 2.75) is 45.2 Å². The van der Waals surface area contributed by atoms with Crippen LogP contribution in [0.2, 0.25) is 0 Å². The molecule has 94 valence electrons. The van der Waals surface area contributed by atoms with Crippen LogP contribution >= 0.6 is 0 Å². The lowest BCUT2D eigenvalue weighted by Crippen LogP contribution is -2.47. The monoisotopic (exact) mass is 228 g/mol. The quantitative estimate of drug-likeness (QED) is 0.729. The number of hydrogen-bond acceptors (Lipinski definition) is 4. The first kappa shape index (κ1) is 13.5. The van der Waals surface area contributed by atoms with Crippen molar-refractivity contribution in [2.24, 2.45) is 11.1 Å². The molecule has 0 saturated carbocycles. The Morgan fingerprint density at radius 2 is 2.25 bits per heavy atom. The number of carbonyl (C=O) groups excluding carboxylic acids is 1. The Morgan fingerprint density at radius 3 is 2.69 bits per heavy atom. The number of likely N-dealkylation sites (tertiary alicyclic amines) is 1. The average molecular weight is 228 g/mol. The van der Waals surface area contributed by atoms with Crippen molar-refractivity contribution in [3.63, 3.8) is 0 Å². The normalized spacial score (nSPS) is 24.4. The van der Waals surface area contributed by atoms with Gasteiger partial charge >= 0.3 is 5.97 Å². The molecule has 0 bridgehead atoms. The minimum Gasteiger partial charge on any atom is -0.468 e. The zero-order valence-electron chi connectivity index (χ0n) is 10.8. The smallest absolute Gasteiger partial charge is 0.323 e. The van der Waals surface area contributed by atoms with Crippen LogP contribution in [0, 0.1) is 5.41 Å². The van der Waals surface area contributed by atoms with Crippen molar-refractivity contribution in [1.29, 1.82) is 0 Å². The van der Waals surface area contributed by atoms with Gasteiger partial charge in [-0.25, -0.2) is 0 Å². The molecule has 0 aromatic heterocycles. The van der Waals surface area contributed by atoms with Gasteiger partial charge in [0.2, 0.25) is 0 Å². The summed E-state index contributed by atoms with van der Waals surface area (Å²) in [5.74, 6) is -0.314. The number of methoxy groups -OCH3 is 1. The van der Waals surface area contributed by atoms with Gasteiger partial charge in [0.25, 0.3) is 0 Å². The van der Waals surface area contributed by atoms with Gasteiger partial charge in [-0.3, -0.25) is 4.79 Å². The first-order valence-electron chi connectivity index (χ1n) is 5.92. The molecule has 0 aromatic carbocycles. The maximum Gasteiger partial charge on any atom is 0.323 e. The zero-order valence-corrected chi connectivity index (χ0v) is 10.8. The fraction of sp³-hybridized carbons (Fsp3) is 0.917. The Kier molecular flexibility index (Phi) is 4.33. The van der Waals surface area contributed by atoms with E-state index in [0.29, 0.717) is 6.04 Å². The van der Waals surface area contributed by atoms with Crippen LogP contribution in [0.15, 0.2) is 0 Å². The molecule has 1 rings (SSSR count). The van der Waals surface area contributed by atoms with Crippen LogP contribution in [-0.2, 0) is 9.53 Å². The van der Waals surface area contributed by atoms with Gasteiger partial charge in [-0.1, -0.05) is 13.8 Å². The summed E-state index contributed by atoms with van der Waals surface area (Å²) in [5.41, 5.74) is 5.72. The van der Waals surface area contributed by atoms with Crippen molar-refractivity contribution >= 4 is 5.97 Å². The van der Waals surface area contributed by atoms with E-state index < -0.39 is 6.04 Å². The van der Waals surface area contributed by atoms with Gasteiger partial charge in [-0.15, -0.1) is 0 Å². The molecule has 1 heterocycles. The maximum absolute atomic E-state index is 11.5. The minimum atomic E-state index is -0.536. The van der Waals surface area contributed by atoms with Crippen LogP contribution in [-0.4, -0.2) is 43.7 Å². The van der Waals surface area contributed by atoms with Crippen LogP contribution in [0.3, 0.4) is 0 Å². The molecule has 2 atom stereocenters. The van der Waals surface area contributed by atoms with Crippen molar-refractivity contribution in [2.75, 3.05) is 20.7 Å². The largest absolute Gasteiger partial charge is 0.468 e. The average Bonchev–Trinajstić information content (AvgIpc) is 2.61. The number of carbonyl (C=O) groups is 1. The SMILES string of the molecule is COC(=O)C(N)C(C)(C)CC1CCCN1C. The molecule has 2 N–H and O–H groups in total. The number of esters is 1. The van der Waals surface area contributed by atoms with Gasteiger partial charge in [0.15, 0.2) is 0 Å². The number of ether oxygens (including phenoxy) is 1. The lowest BCUT2D eigenvalue weighted by Gasteiger charge is -2.34. The molecule has 1 saturated heterocycles. The molecule has 4 heteroatoms. The maximum atomic E-state index is 11.5. The molecule has 2 unspecified atom stereocenters. The number of hydrogen-bond donors (Lipinski definition) is 1. The highest BCUT2D eigenvalue weighted by Gasteiger charge is 2.37. The predicted octanol–water partition coefficient (Wildman–Crippen LogP) is 0.997.